The summed E-state index contributed by atoms with van der Waals surface area (Å²) in [6.45, 7) is -0.364. The number of hydrazine groups is 1. The summed E-state index contributed by atoms with van der Waals surface area (Å²) in [7, 11) is 4.27. The van der Waals surface area contributed by atoms with E-state index in [2.05, 4.69) is 10.3 Å². The molecule has 5 N–H and O–H groups in total. The van der Waals surface area contributed by atoms with Crippen LogP contribution in [-0.2, 0) is 18.9 Å². The van der Waals surface area contributed by atoms with Crippen LogP contribution in [0.4, 0.5) is 16.6 Å². The predicted molar refractivity (Wildman–Crippen MR) is 108 cm³/mol. The number of carbonyl (C=O) groups excluding carboxylic acids is 1. The Kier molecular flexibility index (Phi) is 5.07. The number of benzene rings is 1. The van der Waals surface area contributed by atoms with Gasteiger partial charge in [-0.15, -0.1) is 0 Å². The number of amides is 1. The standard InChI is InChI=1S/C16H19N7O4S/c1-21-13(17)12(14(25)22(2)16(21)26)23(18)7-11(24)20-15-19-9-5-4-8(27-3)6-10(9)28-15/h4-6H,7,17-18H2,1-3H3,(H,19,20,24). The first-order valence-corrected chi connectivity index (χ1v) is 8.86. The summed E-state index contributed by atoms with van der Waals surface area (Å²) in [5, 5.41) is 3.92. The van der Waals surface area contributed by atoms with Crippen LogP contribution < -0.4 is 37.9 Å². The third-order valence-corrected chi connectivity index (χ3v) is 5.06. The first-order valence-electron chi connectivity index (χ1n) is 8.05. The van der Waals surface area contributed by atoms with Gasteiger partial charge in [-0.25, -0.2) is 15.6 Å². The van der Waals surface area contributed by atoms with Crippen LogP contribution in [0.3, 0.4) is 0 Å². The van der Waals surface area contributed by atoms with Crippen molar-refractivity contribution in [3.8, 4) is 5.75 Å². The Morgan fingerprint density at radius 3 is 2.71 bits per heavy atom. The molecule has 0 fully saturated rings. The normalized spacial score (nSPS) is 10.9. The third kappa shape index (κ3) is 3.42. The molecule has 0 spiro atoms. The van der Waals surface area contributed by atoms with E-state index in [9.17, 15) is 14.4 Å². The van der Waals surface area contributed by atoms with Crippen LogP contribution in [0.15, 0.2) is 27.8 Å². The fourth-order valence-electron chi connectivity index (χ4n) is 2.59. The molecule has 1 amide bonds. The lowest BCUT2D eigenvalue weighted by Crippen LogP contribution is -2.47. The van der Waals surface area contributed by atoms with Crippen LogP contribution in [0, 0.1) is 0 Å². The van der Waals surface area contributed by atoms with Gasteiger partial charge in [0.05, 0.1) is 17.3 Å². The highest BCUT2D eigenvalue weighted by Crippen LogP contribution is 2.29. The van der Waals surface area contributed by atoms with Crippen LogP contribution in [0.25, 0.3) is 10.2 Å². The van der Waals surface area contributed by atoms with E-state index in [4.69, 9.17) is 16.3 Å². The molecule has 3 aromatic rings. The molecule has 0 aliphatic heterocycles. The number of nitrogen functional groups attached to an aromatic ring is 1. The zero-order valence-electron chi connectivity index (χ0n) is 15.4. The third-order valence-electron chi connectivity index (χ3n) is 4.13. The maximum absolute atomic E-state index is 12.3. The number of rotatable bonds is 5. The first-order chi connectivity index (χ1) is 13.2. The zero-order valence-corrected chi connectivity index (χ0v) is 16.2. The first kappa shape index (κ1) is 19.4. The van der Waals surface area contributed by atoms with Crippen molar-refractivity contribution < 1.29 is 9.53 Å². The van der Waals surface area contributed by atoms with Gasteiger partial charge >= 0.3 is 5.69 Å². The number of anilines is 3. The van der Waals surface area contributed by atoms with E-state index in [1.165, 1.54) is 25.4 Å². The molecular weight excluding hydrogens is 386 g/mol. The summed E-state index contributed by atoms with van der Waals surface area (Å²) < 4.78 is 7.95. The Hall–Kier alpha value is -3.38. The van der Waals surface area contributed by atoms with Crippen LogP contribution in [0.1, 0.15) is 0 Å². The van der Waals surface area contributed by atoms with E-state index in [-0.39, 0.29) is 18.1 Å². The smallest absolute Gasteiger partial charge is 0.332 e. The second-order valence-corrected chi connectivity index (χ2v) is 7.00. The van der Waals surface area contributed by atoms with Crippen LogP contribution in [0.2, 0.25) is 0 Å². The molecule has 0 bridgehead atoms. The molecular formula is C16H19N7O4S. The van der Waals surface area contributed by atoms with Gasteiger partial charge < -0.3 is 15.8 Å². The van der Waals surface area contributed by atoms with E-state index in [0.29, 0.717) is 16.4 Å². The van der Waals surface area contributed by atoms with Gasteiger partial charge in [-0.3, -0.25) is 23.7 Å². The maximum atomic E-state index is 12.3. The van der Waals surface area contributed by atoms with E-state index in [1.807, 2.05) is 6.07 Å². The minimum absolute atomic E-state index is 0.129. The molecule has 0 unspecified atom stereocenters. The summed E-state index contributed by atoms with van der Waals surface area (Å²) in [6.07, 6.45) is 0. The molecule has 12 heteroatoms. The maximum Gasteiger partial charge on any atom is 0.332 e. The number of ether oxygens (including phenoxy) is 1. The summed E-state index contributed by atoms with van der Waals surface area (Å²) in [5.74, 6) is 5.94. The number of nitrogens with one attached hydrogen (secondary N) is 1. The van der Waals surface area contributed by atoms with Crippen molar-refractivity contribution in [1.82, 2.24) is 14.1 Å². The topological polar surface area (TPSA) is 150 Å². The summed E-state index contributed by atoms with van der Waals surface area (Å²) in [6, 6.07) is 5.37. The van der Waals surface area contributed by atoms with Crippen LogP contribution in [-0.4, -0.2) is 33.7 Å². The lowest BCUT2D eigenvalue weighted by molar-refractivity contribution is -0.115. The molecule has 2 heterocycles. The van der Waals surface area contributed by atoms with Gasteiger partial charge in [-0.1, -0.05) is 11.3 Å². The van der Waals surface area contributed by atoms with Crippen molar-refractivity contribution in [1.29, 1.82) is 0 Å². The number of nitrogens with two attached hydrogens (primary N) is 2. The van der Waals surface area contributed by atoms with E-state index in [1.54, 1.807) is 19.2 Å². The van der Waals surface area contributed by atoms with E-state index < -0.39 is 17.2 Å². The second-order valence-electron chi connectivity index (χ2n) is 5.97. The molecule has 1 aromatic carbocycles. The van der Waals surface area contributed by atoms with Gasteiger partial charge in [0.15, 0.2) is 10.8 Å². The highest BCUT2D eigenvalue weighted by molar-refractivity contribution is 7.22. The molecule has 0 saturated carbocycles. The Labute approximate surface area is 162 Å². The Morgan fingerprint density at radius 2 is 2.04 bits per heavy atom. The van der Waals surface area contributed by atoms with Crippen molar-refractivity contribution in [2.45, 2.75) is 0 Å². The average Bonchev–Trinajstić information content (AvgIpc) is 3.05. The molecule has 0 radical (unpaired) electrons. The molecule has 0 atom stereocenters. The van der Waals surface area contributed by atoms with Crippen molar-refractivity contribution >= 4 is 44.1 Å². The fourth-order valence-corrected chi connectivity index (χ4v) is 3.50. The van der Waals surface area contributed by atoms with Crippen molar-refractivity contribution in [3.05, 3.63) is 39.0 Å². The number of fused-ring (bicyclic) bond motifs is 1. The van der Waals surface area contributed by atoms with Gasteiger partial charge in [0.1, 0.15) is 18.1 Å². The van der Waals surface area contributed by atoms with Gasteiger partial charge in [0.25, 0.3) is 5.56 Å². The summed E-state index contributed by atoms with van der Waals surface area (Å²) in [5.41, 5.74) is 5.12. The molecule has 3 rings (SSSR count). The van der Waals surface area contributed by atoms with E-state index in [0.717, 1.165) is 18.8 Å². The Morgan fingerprint density at radius 1 is 1.32 bits per heavy atom. The van der Waals surface area contributed by atoms with Gasteiger partial charge in [-0.05, 0) is 18.2 Å². The van der Waals surface area contributed by atoms with Crippen molar-refractivity contribution in [2.75, 3.05) is 29.7 Å². The highest BCUT2D eigenvalue weighted by Gasteiger charge is 2.20. The number of hydrogen-bond donors (Lipinski definition) is 3. The summed E-state index contributed by atoms with van der Waals surface area (Å²) in [4.78, 5) is 40.9. The number of thiazole rings is 1. The van der Waals surface area contributed by atoms with Crippen LogP contribution >= 0.6 is 11.3 Å². The number of nitrogens with zero attached hydrogens (tertiary/aromatic N) is 4. The molecule has 11 nitrogen and oxygen atoms in total. The largest absolute Gasteiger partial charge is 0.497 e. The minimum Gasteiger partial charge on any atom is -0.497 e. The minimum atomic E-state index is -0.692. The number of methoxy groups -OCH3 is 1. The highest BCUT2D eigenvalue weighted by atomic mass is 32.1. The average molecular weight is 405 g/mol. The second kappa shape index (κ2) is 7.32. The Balaban J connectivity index is 1.80. The number of hydrogen-bond acceptors (Lipinski definition) is 9. The van der Waals surface area contributed by atoms with Gasteiger partial charge in [0.2, 0.25) is 5.91 Å². The van der Waals surface area contributed by atoms with Crippen molar-refractivity contribution in [3.63, 3.8) is 0 Å². The van der Waals surface area contributed by atoms with Gasteiger partial charge in [-0.2, -0.15) is 0 Å². The zero-order chi connectivity index (χ0) is 20.6. The molecule has 28 heavy (non-hydrogen) atoms. The molecule has 0 aliphatic carbocycles. The van der Waals surface area contributed by atoms with Crippen LogP contribution in [0.5, 0.6) is 5.75 Å². The lowest BCUT2D eigenvalue weighted by atomic mass is 10.3. The predicted octanol–water partition coefficient (Wildman–Crippen LogP) is -0.397. The number of aromatic nitrogens is 3. The van der Waals surface area contributed by atoms with Crippen molar-refractivity contribution in [2.24, 2.45) is 19.9 Å². The molecule has 148 valence electrons. The SMILES string of the molecule is COc1ccc2nc(NC(=O)CN(N)c3c(N)n(C)c(=O)n(C)c3=O)sc2c1. The molecule has 0 saturated heterocycles. The fraction of sp³-hybridized carbons (Fsp3) is 0.250. The monoisotopic (exact) mass is 405 g/mol. The molecule has 2 aromatic heterocycles. The quantitative estimate of drug-likeness (QED) is 0.383. The van der Waals surface area contributed by atoms with E-state index >= 15 is 0 Å². The molecule has 0 aliphatic rings. The number of carbonyl (C=O) groups is 1. The lowest BCUT2D eigenvalue weighted by Gasteiger charge is -2.20. The van der Waals surface area contributed by atoms with Gasteiger partial charge in [0, 0.05) is 14.1 Å². The Bertz CT molecular complexity index is 1180. The summed E-state index contributed by atoms with van der Waals surface area (Å²) >= 11 is 1.27.